The van der Waals surface area contributed by atoms with Gasteiger partial charge in [-0.3, -0.25) is 9.59 Å². The zero-order valence-corrected chi connectivity index (χ0v) is 16.0. The van der Waals surface area contributed by atoms with Crippen molar-refractivity contribution < 1.29 is 19.1 Å². The van der Waals surface area contributed by atoms with Gasteiger partial charge in [-0.1, -0.05) is 0 Å². The highest BCUT2D eigenvalue weighted by atomic mass is 16.5. The molecule has 0 aliphatic carbocycles. The predicted octanol–water partition coefficient (Wildman–Crippen LogP) is 2.51. The van der Waals surface area contributed by atoms with Gasteiger partial charge in [0.1, 0.15) is 0 Å². The number of benzene rings is 1. The van der Waals surface area contributed by atoms with Gasteiger partial charge in [-0.05, 0) is 63.9 Å². The van der Waals surface area contributed by atoms with Crippen molar-refractivity contribution in [3.8, 4) is 11.5 Å². The minimum absolute atomic E-state index is 0.0149. The van der Waals surface area contributed by atoms with Crippen LogP contribution in [0.1, 0.15) is 43.0 Å². The van der Waals surface area contributed by atoms with Crippen LogP contribution in [0.4, 0.5) is 0 Å². The molecule has 0 saturated carbocycles. The van der Waals surface area contributed by atoms with E-state index in [0.717, 1.165) is 32.5 Å². The number of nitrogens with one attached hydrogen (secondary N) is 1. The van der Waals surface area contributed by atoms with E-state index in [9.17, 15) is 9.59 Å². The van der Waals surface area contributed by atoms with E-state index in [2.05, 4.69) is 5.32 Å². The highest BCUT2D eigenvalue weighted by Gasteiger charge is 2.21. The summed E-state index contributed by atoms with van der Waals surface area (Å²) in [7, 11) is 3.52. The number of ether oxygens (including phenoxy) is 2. The van der Waals surface area contributed by atoms with Crippen LogP contribution in [0.2, 0.25) is 0 Å². The number of Topliss-reactive ketones (excluding diaryl/α,β-unsaturated/α-hetero) is 1. The summed E-state index contributed by atoms with van der Waals surface area (Å²) >= 11 is 0. The third-order valence-corrected chi connectivity index (χ3v) is 4.82. The third-order valence-electron chi connectivity index (χ3n) is 4.82. The standard InChI is InChI=1S/C20H30N2O4/c1-15(23)17-6-7-18(19(13-17)25-3)26-12-4-5-20(24)22-10-8-16(9-11-22)14-21-2/h6-7,13,16,21H,4-5,8-12,14H2,1-3H3. The molecule has 1 amide bonds. The maximum atomic E-state index is 12.3. The minimum atomic E-state index is -0.0149. The number of ketones is 1. The second-order valence-corrected chi connectivity index (χ2v) is 6.76. The van der Waals surface area contributed by atoms with Gasteiger partial charge in [0.25, 0.3) is 0 Å². The summed E-state index contributed by atoms with van der Waals surface area (Å²) in [4.78, 5) is 25.7. The molecule has 1 heterocycles. The molecule has 0 atom stereocenters. The lowest BCUT2D eigenvalue weighted by molar-refractivity contribution is -0.132. The molecule has 26 heavy (non-hydrogen) atoms. The van der Waals surface area contributed by atoms with Crippen molar-refractivity contribution in [3.63, 3.8) is 0 Å². The van der Waals surface area contributed by atoms with Crippen LogP contribution >= 0.6 is 0 Å². The van der Waals surface area contributed by atoms with Gasteiger partial charge in [-0.2, -0.15) is 0 Å². The van der Waals surface area contributed by atoms with Gasteiger partial charge >= 0.3 is 0 Å². The zero-order valence-electron chi connectivity index (χ0n) is 16.0. The summed E-state index contributed by atoms with van der Waals surface area (Å²) in [6.45, 7) is 4.69. The Morgan fingerprint density at radius 1 is 1.23 bits per heavy atom. The quantitative estimate of drug-likeness (QED) is 0.540. The molecule has 1 N–H and O–H groups in total. The molecular formula is C20H30N2O4. The summed E-state index contributed by atoms with van der Waals surface area (Å²) in [5.41, 5.74) is 0.589. The molecule has 144 valence electrons. The van der Waals surface area contributed by atoms with E-state index in [1.165, 1.54) is 6.92 Å². The number of likely N-dealkylation sites (tertiary alicyclic amines) is 1. The molecule has 0 unspecified atom stereocenters. The highest BCUT2D eigenvalue weighted by Crippen LogP contribution is 2.28. The average molecular weight is 362 g/mol. The number of methoxy groups -OCH3 is 1. The van der Waals surface area contributed by atoms with Gasteiger partial charge in [0.2, 0.25) is 5.91 Å². The van der Waals surface area contributed by atoms with E-state index in [0.29, 0.717) is 42.4 Å². The smallest absolute Gasteiger partial charge is 0.222 e. The molecule has 2 rings (SSSR count). The summed E-state index contributed by atoms with van der Waals surface area (Å²) in [6, 6.07) is 5.14. The van der Waals surface area contributed by atoms with Crippen LogP contribution in [0.25, 0.3) is 0 Å². The normalized spacial score (nSPS) is 15.0. The Labute approximate surface area is 155 Å². The van der Waals surface area contributed by atoms with Crippen LogP contribution in [0.15, 0.2) is 18.2 Å². The first-order valence-electron chi connectivity index (χ1n) is 9.29. The average Bonchev–Trinajstić information content (AvgIpc) is 2.65. The van der Waals surface area contributed by atoms with Crippen LogP contribution in [0, 0.1) is 5.92 Å². The Balaban J connectivity index is 1.73. The Morgan fingerprint density at radius 2 is 1.96 bits per heavy atom. The van der Waals surface area contributed by atoms with Crippen molar-refractivity contribution in [2.75, 3.05) is 40.4 Å². The topological polar surface area (TPSA) is 67.9 Å². The van der Waals surface area contributed by atoms with Gasteiger partial charge in [0.15, 0.2) is 17.3 Å². The van der Waals surface area contributed by atoms with Crippen molar-refractivity contribution in [1.29, 1.82) is 0 Å². The Bertz CT molecular complexity index is 610. The first-order valence-corrected chi connectivity index (χ1v) is 9.29. The number of amides is 1. The molecule has 0 spiro atoms. The SMILES string of the molecule is CNCC1CCN(C(=O)CCCOc2ccc(C(C)=O)cc2OC)CC1. The number of rotatable bonds is 9. The molecule has 0 aromatic heterocycles. The lowest BCUT2D eigenvalue weighted by atomic mass is 9.96. The van der Waals surface area contributed by atoms with Crippen LogP contribution in [0.5, 0.6) is 11.5 Å². The van der Waals surface area contributed by atoms with Gasteiger partial charge in [0.05, 0.1) is 13.7 Å². The molecule has 1 saturated heterocycles. The van der Waals surface area contributed by atoms with Crippen LogP contribution in [-0.2, 0) is 4.79 Å². The molecule has 1 aliphatic heterocycles. The van der Waals surface area contributed by atoms with E-state index in [4.69, 9.17) is 9.47 Å². The van der Waals surface area contributed by atoms with E-state index in [1.807, 2.05) is 11.9 Å². The van der Waals surface area contributed by atoms with Crippen molar-refractivity contribution in [3.05, 3.63) is 23.8 Å². The second kappa shape index (κ2) is 10.2. The Hall–Kier alpha value is -2.08. The number of carbonyl (C=O) groups excluding carboxylic acids is 2. The van der Waals surface area contributed by atoms with Crippen molar-refractivity contribution in [2.45, 2.75) is 32.6 Å². The molecule has 1 aromatic carbocycles. The number of piperidine rings is 1. The largest absolute Gasteiger partial charge is 0.493 e. The molecule has 6 nitrogen and oxygen atoms in total. The number of carbonyl (C=O) groups is 2. The minimum Gasteiger partial charge on any atom is -0.493 e. The molecular weight excluding hydrogens is 332 g/mol. The van der Waals surface area contributed by atoms with E-state index < -0.39 is 0 Å². The number of hydrogen-bond donors (Lipinski definition) is 1. The van der Waals surface area contributed by atoms with E-state index >= 15 is 0 Å². The molecule has 1 aliphatic rings. The van der Waals surface area contributed by atoms with Crippen LogP contribution in [0.3, 0.4) is 0 Å². The zero-order chi connectivity index (χ0) is 18.9. The molecule has 6 heteroatoms. The van der Waals surface area contributed by atoms with Crippen LogP contribution in [-0.4, -0.2) is 57.0 Å². The maximum Gasteiger partial charge on any atom is 0.222 e. The number of hydrogen-bond acceptors (Lipinski definition) is 5. The van der Waals surface area contributed by atoms with Crippen molar-refractivity contribution in [1.82, 2.24) is 10.2 Å². The monoisotopic (exact) mass is 362 g/mol. The second-order valence-electron chi connectivity index (χ2n) is 6.76. The first kappa shape index (κ1) is 20.2. The molecule has 1 fully saturated rings. The van der Waals surface area contributed by atoms with Crippen molar-refractivity contribution in [2.24, 2.45) is 5.92 Å². The lowest BCUT2D eigenvalue weighted by Crippen LogP contribution is -2.40. The summed E-state index contributed by atoms with van der Waals surface area (Å²) in [6.07, 6.45) is 3.29. The fraction of sp³-hybridized carbons (Fsp3) is 0.600. The highest BCUT2D eigenvalue weighted by molar-refractivity contribution is 5.94. The Kier molecular flexibility index (Phi) is 7.91. The lowest BCUT2D eigenvalue weighted by Gasteiger charge is -2.32. The van der Waals surface area contributed by atoms with Gasteiger partial charge < -0.3 is 19.7 Å². The van der Waals surface area contributed by atoms with Gasteiger partial charge in [-0.15, -0.1) is 0 Å². The van der Waals surface area contributed by atoms with E-state index in [1.54, 1.807) is 25.3 Å². The molecule has 1 aromatic rings. The third kappa shape index (κ3) is 5.73. The fourth-order valence-corrected chi connectivity index (χ4v) is 3.24. The summed E-state index contributed by atoms with van der Waals surface area (Å²) < 4.78 is 11.0. The molecule has 0 bridgehead atoms. The van der Waals surface area contributed by atoms with Crippen LogP contribution < -0.4 is 14.8 Å². The first-order chi connectivity index (χ1) is 12.5. The van der Waals surface area contributed by atoms with E-state index in [-0.39, 0.29) is 11.7 Å². The van der Waals surface area contributed by atoms with Gasteiger partial charge in [0, 0.05) is 25.1 Å². The fourth-order valence-electron chi connectivity index (χ4n) is 3.24. The van der Waals surface area contributed by atoms with Crippen molar-refractivity contribution >= 4 is 11.7 Å². The Morgan fingerprint density at radius 3 is 2.58 bits per heavy atom. The molecule has 0 radical (unpaired) electrons. The summed E-state index contributed by atoms with van der Waals surface area (Å²) in [5.74, 6) is 2.00. The maximum absolute atomic E-state index is 12.3. The summed E-state index contributed by atoms with van der Waals surface area (Å²) in [5, 5.41) is 3.21. The van der Waals surface area contributed by atoms with Gasteiger partial charge in [-0.25, -0.2) is 0 Å². The number of nitrogens with zero attached hydrogens (tertiary/aromatic N) is 1. The predicted molar refractivity (Wildman–Crippen MR) is 101 cm³/mol.